The van der Waals surface area contributed by atoms with Crippen molar-refractivity contribution in [3.8, 4) is 0 Å². The van der Waals surface area contributed by atoms with Gasteiger partial charge in [0.15, 0.2) is 11.7 Å². The number of halogens is 3. The summed E-state index contributed by atoms with van der Waals surface area (Å²) < 4.78 is 43.2. The van der Waals surface area contributed by atoms with Crippen molar-refractivity contribution in [2.45, 2.75) is 26.1 Å². The normalized spacial score (nSPS) is 12.2. The smallest absolute Gasteiger partial charge is 0.375 e. The summed E-state index contributed by atoms with van der Waals surface area (Å²) in [5.74, 6) is 0.605. The first kappa shape index (κ1) is 21.2. The third-order valence-electron chi connectivity index (χ3n) is 3.43. The van der Waals surface area contributed by atoms with E-state index < -0.39 is 11.9 Å². The molecule has 0 aliphatic heterocycles. The summed E-state index contributed by atoms with van der Waals surface area (Å²) in [6, 6.07) is 9.88. The Morgan fingerprint density at radius 1 is 1.22 bits per heavy atom. The first-order chi connectivity index (χ1) is 13.0. The molecule has 0 bridgehead atoms. The molecule has 148 valence electrons. The lowest BCUT2D eigenvalue weighted by atomic mass is 10.2. The molecule has 5 nitrogen and oxygen atoms in total. The number of hydrogen-bond donors (Lipinski definition) is 2. The molecule has 2 N–H and O–H groups in total. The Balaban J connectivity index is 1.70. The van der Waals surface area contributed by atoms with E-state index in [0.717, 1.165) is 22.3 Å². The number of nitrogens with one attached hydrogen (secondary N) is 2. The van der Waals surface area contributed by atoms with Crippen LogP contribution in [0, 0.1) is 0 Å². The molecule has 0 amide bonds. The van der Waals surface area contributed by atoms with Crippen LogP contribution in [0.4, 0.5) is 13.2 Å². The van der Waals surface area contributed by atoms with Gasteiger partial charge in [0.2, 0.25) is 0 Å². The van der Waals surface area contributed by atoms with E-state index in [1.165, 1.54) is 0 Å². The molecule has 0 spiro atoms. The van der Waals surface area contributed by atoms with E-state index in [1.807, 2.05) is 37.3 Å². The zero-order valence-corrected chi connectivity index (χ0v) is 15.9. The topological polar surface area (TPSA) is 58.5 Å². The number of ether oxygens (including phenoxy) is 1. The van der Waals surface area contributed by atoms with Crippen LogP contribution in [0.1, 0.15) is 23.2 Å². The van der Waals surface area contributed by atoms with Gasteiger partial charge in [0.1, 0.15) is 0 Å². The number of rotatable bonds is 9. The Kier molecular flexibility index (Phi) is 8.53. The van der Waals surface area contributed by atoms with E-state index in [-0.39, 0.29) is 0 Å². The first-order valence-electron chi connectivity index (χ1n) is 8.64. The lowest BCUT2D eigenvalue weighted by Gasteiger charge is -2.10. The first-order valence-corrected chi connectivity index (χ1v) is 9.52. The zero-order valence-electron chi connectivity index (χ0n) is 15.1. The third-order valence-corrected chi connectivity index (χ3v) is 4.34. The van der Waals surface area contributed by atoms with Crippen molar-refractivity contribution >= 4 is 17.3 Å². The third kappa shape index (κ3) is 7.96. The van der Waals surface area contributed by atoms with Crippen LogP contribution in [0.25, 0.3) is 0 Å². The summed E-state index contributed by atoms with van der Waals surface area (Å²) in [6.07, 6.45) is -3.99. The molecule has 1 heterocycles. The summed E-state index contributed by atoms with van der Waals surface area (Å²) in [4.78, 5) is 8.01. The Bertz CT molecular complexity index is 704. The molecule has 0 unspecified atom stereocenters. The number of aliphatic imine (C=N–C) groups is 1. The Morgan fingerprint density at radius 3 is 2.67 bits per heavy atom. The van der Waals surface area contributed by atoms with Crippen molar-refractivity contribution < 1.29 is 17.9 Å². The molecule has 2 aromatic rings. The maximum Gasteiger partial charge on any atom is 0.434 e. The summed E-state index contributed by atoms with van der Waals surface area (Å²) in [5.41, 5.74) is 0.270. The van der Waals surface area contributed by atoms with Crippen LogP contribution in [-0.2, 0) is 23.9 Å². The minimum Gasteiger partial charge on any atom is -0.375 e. The van der Waals surface area contributed by atoms with Crippen LogP contribution in [0.5, 0.6) is 0 Å². The van der Waals surface area contributed by atoms with E-state index in [2.05, 4.69) is 20.6 Å². The monoisotopic (exact) mass is 400 g/mol. The highest BCUT2D eigenvalue weighted by molar-refractivity contribution is 7.09. The van der Waals surface area contributed by atoms with E-state index in [4.69, 9.17) is 4.74 Å². The lowest BCUT2D eigenvalue weighted by molar-refractivity contribution is -0.140. The second-order valence-electron chi connectivity index (χ2n) is 5.60. The van der Waals surface area contributed by atoms with Gasteiger partial charge in [0, 0.05) is 24.9 Å². The fraction of sp³-hybridized carbons (Fsp3) is 0.444. The van der Waals surface area contributed by atoms with Crippen LogP contribution in [-0.4, -0.2) is 37.2 Å². The van der Waals surface area contributed by atoms with Gasteiger partial charge in [0.05, 0.1) is 24.8 Å². The molecule has 27 heavy (non-hydrogen) atoms. The highest BCUT2D eigenvalue weighted by Gasteiger charge is 2.33. The van der Waals surface area contributed by atoms with Gasteiger partial charge in [-0.1, -0.05) is 30.3 Å². The van der Waals surface area contributed by atoms with Crippen LogP contribution in [0.2, 0.25) is 0 Å². The average Bonchev–Trinajstić information content (AvgIpc) is 3.11. The summed E-state index contributed by atoms with van der Waals surface area (Å²) in [6.45, 7) is 4.57. The number of alkyl halides is 3. The van der Waals surface area contributed by atoms with Gasteiger partial charge in [-0.2, -0.15) is 13.2 Å². The second-order valence-corrected chi connectivity index (χ2v) is 6.54. The number of guanidine groups is 1. The summed E-state index contributed by atoms with van der Waals surface area (Å²) in [5, 5.41) is 7.67. The fourth-order valence-electron chi connectivity index (χ4n) is 2.17. The number of aromatic nitrogens is 1. The van der Waals surface area contributed by atoms with Gasteiger partial charge in [-0.25, -0.2) is 4.98 Å². The quantitative estimate of drug-likeness (QED) is 0.384. The Hall–Kier alpha value is -2.13. The Morgan fingerprint density at radius 2 is 2.00 bits per heavy atom. The molecule has 0 saturated carbocycles. The molecule has 9 heteroatoms. The van der Waals surface area contributed by atoms with E-state index in [9.17, 15) is 13.2 Å². The second kappa shape index (κ2) is 10.9. The van der Waals surface area contributed by atoms with E-state index in [0.29, 0.717) is 50.2 Å². The molecule has 2 rings (SSSR count). The lowest BCUT2D eigenvalue weighted by Crippen LogP contribution is -2.38. The predicted octanol–water partition coefficient (Wildman–Crippen LogP) is 3.48. The summed E-state index contributed by atoms with van der Waals surface area (Å²) in [7, 11) is 0. The largest absolute Gasteiger partial charge is 0.434 e. The zero-order chi connectivity index (χ0) is 19.5. The van der Waals surface area contributed by atoms with Gasteiger partial charge in [-0.15, -0.1) is 11.3 Å². The molecule has 0 saturated heterocycles. The Labute approximate surface area is 160 Å². The maximum atomic E-state index is 12.6. The minimum atomic E-state index is -4.39. The van der Waals surface area contributed by atoms with Gasteiger partial charge in [-0.3, -0.25) is 4.99 Å². The molecule has 0 atom stereocenters. The molecule has 0 aliphatic carbocycles. The highest BCUT2D eigenvalue weighted by Crippen LogP contribution is 2.29. The van der Waals surface area contributed by atoms with Crippen molar-refractivity contribution in [3.63, 3.8) is 0 Å². The average molecular weight is 400 g/mol. The maximum absolute atomic E-state index is 12.6. The van der Waals surface area contributed by atoms with Crippen molar-refractivity contribution in [1.29, 1.82) is 0 Å². The van der Waals surface area contributed by atoms with Crippen molar-refractivity contribution in [2.75, 3.05) is 26.2 Å². The van der Waals surface area contributed by atoms with Crippen LogP contribution in [0.3, 0.4) is 0 Å². The van der Waals surface area contributed by atoms with Gasteiger partial charge >= 0.3 is 6.18 Å². The van der Waals surface area contributed by atoms with Crippen molar-refractivity contribution in [3.05, 3.63) is 52.0 Å². The molecule has 0 fully saturated rings. The van der Waals surface area contributed by atoms with Crippen molar-refractivity contribution in [1.82, 2.24) is 15.6 Å². The minimum absolute atomic E-state index is 0.398. The van der Waals surface area contributed by atoms with E-state index in [1.54, 1.807) is 0 Å². The van der Waals surface area contributed by atoms with Gasteiger partial charge in [0.25, 0.3) is 0 Å². The van der Waals surface area contributed by atoms with Crippen molar-refractivity contribution in [2.24, 2.45) is 4.99 Å². The van der Waals surface area contributed by atoms with Gasteiger partial charge in [-0.05, 0) is 12.5 Å². The van der Waals surface area contributed by atoms with E-state index >= 15 is 0 Å². The number of benzene rings is 1. The number of nitrogens with zero attached hydrogens (tertiary/aromatic N) is 2. The van der Waals surface area contributed by atoms with Crippen LogP contribution in [0.15, 0.2) is 40.7 Å². The highest BCUT2D eigenvalue weighted by atomic mass is 32.1. The molecule has 1 aromatic heterocycles. The number of hydrogen-bond acceptors (Lipinski definition) is 4. The number of thiazole rings is 1. The SMILES string of the molecule is CCNC(=NCCOCc1ccccc1)NCCc1nc(C(F)(F)F)cs1. The van der Waals surface area contributed by atoms with Gasteiger partial charge < -0.3 is 15.4 Å². The predicted molar refractivity (Wildman–Crippen MR) is 101 cm³/mol. The molecular formula is C18H23F3N4OS. The van der Waals surface area contributed by atoms with Crippen LogP contribution < -0.4 is 10.6 Å². The molecular weight excluding hydrogens is 377 g/mol. The standard InChI is InChI=1S/C18H23F3N4OS/c1-2-22-17(24-10-11-26-12-14-6-4-3-5-7-14)23-9-8-16-25-15(13-27-16)18(19,20)21/h3-7,13H,2,8-12H2,1H3,(H2,22,23,24). The molecule has 1 aromatic carbocycles. The van der Waals surface area contributed by atoms with Crippen LogP contribution >= 0.6 is 11.3 Å². The fourth-order valence-corrected chi connectivity index (χ4v) is 2.98. The summed E-state index contributed by atoms with van der Waals surface area (Å²) >= 11 is 1.01. The molecule has 0 radical (unpaired) electrons. The molecule has 0 aliphatic rings.